The molecule has 0 saturated heterocycles. The molecule has 1 atom stereocenters. The van der Waals surface area contributed by atoms with Crippen LogP contribution in [0, 0.1) is 0 Å². The van der Waals surface area contributed by atoms with E-state index >= 15 is 0 Å². The molecule has 7 nitrogen and oxygen atoms in total. The number of amides is 1. The molecule has 11 heteroatoms. The maximum Gasteiger partial charge on any atom is 0.433 e. The number of aromatic nitrogens is 2. The summed E-state index contributed by atoms with van der Waals surface area (Å²) in [6.45, 7) is 1.63. The number of fused-ring (bicyclic) bond motifs is 1. The first kappa shape index (κ1) is 19.1. The molecular weight excluding hydrogens is 385 g/mol. The minimum Gasteiger partial charge on any atom is -0.345 e. The molecule has 0 fully saturated rings. The van der Waals surface area contributed by atoms with E-state index in [1.807, 2.05) is 0 Å². The van der Waals surface area contributed by atoms with Crippen LogP contribution in [0.4, 0.5) is 18.9 Å². The largest absolute Gasteiger partial charge is 0.433 e. The predicted molar refractivity (Wildman–Crippen MR) is 91.4 cm³/mol. The maximum atomic E-state index is 12.8. The van der Waals surface area contributed by atoms with Gasteiger partial charge in [0, 0.05) is 36.7 Å². The zero-order valence-corrected chi connectivity index (χ0v) is 15.0. The van der Waals surface area contributed by atoms with Gasteiger partial charge in [-0.05, 0) is 19.1 Å². The number of hydrogen-bond acceptors (Lipinski definition) is 4. The van der Waals surface area contributed by atoms with Crippen LogP contribution >= 0.6 is 0 Å². The number of nitrogens with one attached hydrogen (secondary N) is 2. The lowest BCUT2D eigenvalue weighted by Crippen LogP contribution is -2.30. The summed E-state index contributed by atoms with van der Waals surface area (Å²) in [6.07, 6.45) is 0.637. The number of nitrogens with zero attached hydrogens (tertiary/aromatic N) is 2. The van der Waals surface area contributed by atoms with Gasteiger partial charge in [0.2, 0.25) is 10.0 Å². The third kappa shape index (κ3) is 3.74. The Labute approximate surface area is 153 Å². The summed E-state index contributed by atoms with van der Waals surface area (Å²) in [7, 11) is -2.36. The van der Waals surface area contributed by atoms with Gasteiger partial charge in [-0.15, -0.1) is 0 Å². The molecule has 27 heavy (non-hydrogen) atoms. The fraction of sp³-hybridized carbons (Fsp3) is 0.250. The first-order valence-corrected chi connectivity index (χ1v) is 9.22. The Kier molecular flexibility index (Phi) is 4.60. The van der Waals surface area contributed by atoms with E-state index < -0.39 is 33.8 Å². The van der Waals surface area contributed by atoms with E-state index in [1.165, 1.54) is 30.0 Å². The molecule has 0 unspecified atom stereocenters. The molecule has 0 saturated carbocycles. The average Bonchev–Trinajstić information content (AvgIpc) is 2.84. The van der Waals surface area contributed by atoms with Gasteiger partial charge in [-0.3, -0.25) is 9.78 Å². The smallest absolute Gasteiger partial charge is 0.345 e. The minimum atomic E-state index is -4.65. The number of halogens is 3. The molecule has 0 bridgehead atoms. The van der Waals surface area contributed by atoms with Crippen molar-refractivity contribution in [2.45, 2.75) is 24.0 Å². The van der Waals surface area contributed by atoms with E-state index in [4.69, 9.17) is 0 Å². The molecule has 0 spiro atoms. The second-order valence-corrected chi connectivity index (χ2v) is 7.70. The van der Waals surface area contributed by atoms with Crippen molar-refractivity contribution in [1.82, 2.24) is 14.3 Å². The molecule has 2 aromatic heterocycles. The third-order valence-corrected chi connectivity index (χ3v) is 5.48. The number of rotatable bonds is 2. The molecule has 2 N–H and O–H groups in total. The lowest BCUT2D eigenvalue weighted by molar-refractivity contribution is -0.141. The molecule has 144 valence electrons. The highest BCUT2D eigenvalue weighted by atomic mass is 32.2. The number of anilines is 1. The van der Waals surface area contributed by atoms with Crippen LogP contribution in [-0.2, 0) is 23.2 Å². The zero-order valence-electron chi connectivity index (χ0n) is 14.2. The van der Waals surface area contributed by atoms with Crippen LogP contribution in [0.3, 0.4) is 0 Å². The van der Waals surface area contributed by atoms with E-state index in [2.05, 4.69) is 15.0 Å². The molecule has 3 rings (SSSR count). The van der Waals surface area contributed by atoms with Crippen LogP contribution in [0.5, 0.6) is 0 Å². The van der Waals surface area contributed by atoms with Gasteiger partial charge in [-0.2, -0.15) is 13.2 Å². The molecular formula is C16H15F3N4O3S. The molecule has 1 aliphatic rings. The number of sulfonamides is 1. The second kappa shape index (κ2) is 6.50. The van der Waals surface area contributed by atoms with Gasteiger partial charge < -0.3 is 9.88 Å². The van der Waals surface area contributed by atoms with Gasteiger partial charge in [0.15, 0.2) is 0 Å². The summed E-state index contributed by atoms with van der Waals surface area (Å²) >= 11 is 0. The lowest BCUT2D eigenvalue weighted by atomic mass is 10.2. The van der Waals surface area contributed by atoms with Crippen LogP contribution in [0.25, 0.3) is 6.08 Å². The topological polar surface area (TPSA) is 93.1 Å². The molecule has 1 amide bonds. The maximum absolute atomic E-state index is 12.8. The fourth-order valence-corrected chi connectivity index (χ4v) is 4.16. The predicted octanol–water partition coefficient (Wildman–Crippen LogP) is 2.38. The van der Waals surface area contributed by atoms with E-state index in [-0.39, 0.29) is 21.8 Å². The van der Waals surface area contributed by atoms with Crippen LogP contribution in [0.1, 0.15) is 28.7 Å². The van der Waals surface area contributed by atoms with Gasteiger partial charge in [0.1, 0.15) is 16.3 Å². The van der Waals surface area contributed by atoms with Gasteiger partial charge in [-0.25, -0.2) is 13.1 Å². The monoisotopic (exact) mass is 400 g/mol. The standard InChI is InChI=1S/C16H15F3N4O3S/c1-9-3-4-11-12(27(25,26)22-9)8-23(2)14(11)15(24)21-10-5-6-20-13(7-10)16(17,18)19/h3-9,22H,1-2H3,(H,20,21,24)/t9-/m0/s1. The van der Waals surface area contributed by atoms with Crippen LogP contribution in [0.2, 0.25) is 0 Å². The van der Waals surface area contributed by atoms with Crippen LogP contribution in [-0.4, -0.2) is 29.9 Å². The highest BCUT2D eigenvalue weighted by molar-refractivity contribution is 7.89. The Morgan fingerprint density at radius 1 is 1.37 bits per heavy atom. The summed E-state index contributed by atoms with van der Waals surface area (Å²) in [5, 5.41) is 2.36. The van der Waals surface area contributed by atoms with Crippen LogP contribution in [0.15, 0.2) is 35.5 Å². The van der Waals surface area contributed by atoms with Crippen molar-refractivity contribution in [3.05, 3.63) is 47.6 Å². The third-order valence-electron chi connectivity index (χ3n) is 3.89. The number of carbonyl (C=O) groups excluding carboxylic acids is 1. The second-order valence-electron chi connectivity index (χ2n) is 6.02. The molecule has 0 aromatic carbocycles. The van der Waals surface area contributed by atoms with Gasteiger partial charge >= 0.3 is 6.18 Å². The minimum absolute atomic E-state index is 0.00564. The zero-order chi connectivity index (χ0) is 20.0. The Bertz CT molecular complexity index is 1040. The van der Waals surface area contributed by atoms with Crippen molar-refractivity contribution in [3.63, 3.8) is 0 Å². The summed E-state index contributed by atoms with van der Waals surface area (Å²) in [5.74, 6) is -0.743. The molecule has 3 heterocycles. The van der Waals surface area contributed by atoms with Crippen molar-refractivity contribution in [2.75, 3.05) is 5.32 Å². The van der Waals surface area contributed by atoms with Crippen molar-refractivity contribution in [1.29, 1.82) is 0 Å². The molecule has 1 aliphatic heterocycles. The van der Waals surface area contributed by atoms with E-state index in [0.29, 0.717) is 6.07 Å². The summed E-state index contributed by atoms with van der Waals surface area (Å²) < 4.78 is 66.8. The fourth-order valence-electron chi connectivity index (χ4n) is 2.72. The number of hydrogen-bond donors (Lipinski definition) is 2. The van der Waals surface area contributed by atoms with Crippen molar-refractivity contribution < 1.29 is 26.4 Å². The Morgan fingerprint density at radius 3 is 2.74 bits per heavy atom. The van der Waals surface area contributed by atoms with Gasteiger partial charge in [0.05, 0.1) is 0 Å². The first-order valence-electron chi connectivity index (χ1n) is 7.73. The lowest BCUT2D eigenvalue weighted by Gasteiger charge is -2.10. The number of carbonyl (C=O) groups is 1. The molecule has 0 radical (unpaired) electrons. The van der Waals surface area contributed by atoms with E-state index in [0.717, 1.165) is 6.20 Å². The molecule has 0 aliphatic carbocycles. The van der Waals surface area contributed by atoms with Gasteiger partial charge in [0.25, 0.3) is 5.91 Å². The Hall–Kier alpha value is -2.66. The number of pyridine rings is 1. The SMILES string of the molecule is C[C@H]1C=Cc2c(cn(C)c2C(=O)Nc2ccnc(C(F)(F)F)c2)S(=O)(=O)N1. The summed E-state index contributed by atoms with van der Waals surface area (Å²) in [6, 6.07) is 1.44. The van der Waals surface area contributed by atoms with Crippen LogP contribution < -0.4 is 10.0 Å². The van der Waals surface area contributed by atoms with Crippen molar-refractivity contribution in [3.8, 4) is 0 Å². The highest BCUT2D eigenvalue weighted by Gasteiger charge is 2.33. The average molecular weight is 400 g/mol. The summed E-state index contributed by atoms with van der Waals surface area (Å²) in [5.41, 5.74) is -1.08. The summed E-state index contributed by atoms with van der Waals surface area (Å²) in [4.78, 5) is 15.8. The Balaban J connectivity index is 2.00. The van der Waals surface area contributed by atoms with Gasteiger partial charge in [-0.1, -0.05) is 12.2 Å². The highest BCUT2D eigenvalue weighted by Crippen LogP contribution is 2.30. The van der Waals surface area contributed by atoms with Crippen molar-refractivity contribution in [2.24, 2.45) is 7.05 Å². The number of aryl methyl sites for hydroxylation is 1. The Morgan fingerprint density at radius 2 is 2.07 bits per heavy atom. The normalized spacial score (nSPS) is 18.6. The first-order chi connectivity index (χ1) is 12.5. The van der Waals surface area contributed by atoms with E-state index in [1.54, 1.807) is 13.0 Å². The molecule has 2 aromatic rings. The van der Waals surface area contributed by atoms with E-state index in [9.17, 15) is 26.4 Å². The van der Waals surface area contributed by atoms with Crippen molar-refractivity contribution >= 4 is 27.7 Å². The number of alkyl halides is 3. The quantitative estimate of drug-likeness (QED) is 0.810.